The van der Waals surface area contributed by atoms with Gasteiger partial charge in [-0.05, 0) is 26.0 Å². The van der Waals surface area contributed by atoms with Gasteiger partial charge in [0.15, 0.2) is 0 Å². The number of amides is 2. The molecule has 2 N–H and O–H groups in total. The lowest BCUT2D eigenvalue weighted by Crippen LogP contribution is -2.37. The summed E-state index contributed by atoms with van der Waals surface area (Å²) in [4.78, 5) is 21.3. The number of carbonyl (C=O) groups is 1. The largest absolute Gasteiger partial charge is 0.345 e. The Bertz CT molecular complexity index is 416. The van der Waals surface area contributed by atoms with Crippen molar-refractivity contribution in [3.05, 3.63) is 34.4 Å². The van der Waals surface area contributed by atoms with Gasteiger partial charge in [0.1, 0.15) is 0 Å². The average molecular weight is 239 g/mol. The lowest BCUT2D eigenvalue weighted by molar-refractivity contribution is -0.384. The van der Waals surface area contributed by atoms with E-state index in [1.54, 1.807) is 13.8 Å². The lowest BCUT2D eigenvalue weighted by Gasteiger charge is -2.19. The summed E-state index contributed by atoms with van der Waals surface area (Å²) in [5, 5.41) is 22.7. The summed E-state index contributed by atoms with van der Waals surface area (Å²) in [6.45, 7) is 3.30. The van der Waals surface area contributed by atoms with E-state index in [0.29, 0.717) is 10.8 Å². The fourth-order valence-electron chi connectivity index (χ4n) is 1.08. The van der Waals surface area contributed by atoms with E-state index in [2.05, 4.69) is 5.32 Å². The maximum absolute atomic E-state index is 11.4. The van der Waals surface area contributed by atoms with Gasteiger partial charge in [0.25, 0.3) is 5.69 Å². The van der Waals surface area contributed by atoms with Crippen LogP contribution in [0.3, 0.4) is 0 Å². The van der Waals surface area contributed by atoms with Crippen LogP contribution in [0.25, 0.3) is 0 Å². The van der Waals surface area contributed by atoms with Crippen LogP contribution in [0.4, 0.5) is 16.2 Å². The van der Waals surface area contributed by atoms with Crippen LogP contribution in [0.5, 0.6) is 0 Å². The third-order valence-electron chi connectivity index (χ3n) is 2.03. The SMILES string of the molecule is CC(C)N(O)C(=O)Nc1ccc([N+](=O)[O-])cc1. The molecule has 0 aliphatic carbocycles. The zero-order valence-corrected chi connectivity index (χ0v) is 9.45. The molecule has 0 heterocycles. The molecule has 0 aliphatic heterocycles. The third-order valence-corrected chi connectivity index (χ3v) is 2.03. The van der Waals surface area contributed by atoms with Gasteiger partial charge >= 0.3 is 6.03 Å². The molecule has 7 heteroatoms. The van der Waals surface area contributed by atoms with Gasteiger partial charge in [-0.2, -0.15) is 0 Å². The Morgan fingerprint density at radius 3 is 2.35 bits per heavy atom. The molecule has 1 aromatic rings. The van der Waals surface area contributed by atoms with E-state index in [1.165, 1.54) is 24.3 Å². The van der Waals surface area contributed by atoms with Gasteiger partial charge < -0.3 is 5.32 Å². The molecule has 0 spiro atoms. The Labute approximate surface area is 97.8 Å². The van der Waals surface area contributed by atoms with Gasteiger partial charge in [0, 0.05) is 17.8 Å². The van der Waals surface area contributed by atoms with Gasteiger partial charge in [-0.3, -0.25) is 15.3 Å². The van der Waals surface area contributed by atoms with Crippen LogP contribution >= 0.6 is 0 Å². The first-order chi connectivity index (χ1) is 7.91. The second-order valence-electron chi connectivity index (χ2n) is 3.67. The van der Waals surface area contributed by atoms with E-state index in [0.717, 1.165) is 0 Å². The van der Waals surface area contributed by atoms with E-state index in [4.69, 9.17) is 0 Å². The van der Waals surface area contributed by atoms with Crippen molar-refractivity contribution in [1.29, 1.82) is 0 Å². The summed E-state index contributed by atoms with van der Waals surface area (Å²) in [5.41, 5.74) is 0.313. The molecule has 0 radical (unpaired) electrons. The lowest BCUT2D eigenvalue weighted by atomic mass is 10.3. The highest BCUT2D eigenvalue weighted by Crippen LogP contribution is 2.15. The minimum Gasteiger partial charge on any atom is -0.306 e. The maximum atomic E-state index is 11.4. The van der Waals surface area contributed by atoms with E-state index >= 15 is 0 Å². The molecule has 0 aliphatic rings. The van der Waals surface area contributed by atoms with E-state index < -0.39 is 11.0 Å². The fourth-order valence-corrected chi connectivity index (χ4v) is 1.08. The molecule has 0 fully saturated rings. The number of hydrogen-bond donors (Lipinski definition) is 2. The van der Waals surface area contributed by atoms with Crippen molar-refractivity contribution in [2.45, 2.75) is 19.9 Å². The summed E-state index contributed by atoms with van der Waals surface area (Å²) in [7, 11) is 0. The Balaban J connectivity index is 2.70. The van der Waals surface area contributed by atoms with Crippen LogP contribution in [-0.2, 0) is 0 Å². The molecule has 1 rings (SSSR count). The molecular formula is C10H13N3O4. The van der Waals surface area contributed by atoms with Crippen LogP contribution in [0.1, 0.15) is 13.8 Å². The van der Waals surface area contributed by atoms with Crippen molar-refractivity contribution in [1.82, 2.24) is 5.06 Å². The molecular weight excluding hydrogens is 226 g/mol. The van der Waals surface area contributed by atoms with Crippen molar-refractivity contribution in [2.24, 2.45) is 0 Å². The number of nitro benzene ring substituents is 1. The molecule has 17 heavy (non-hydrogen) atoms. The summed E-state index contributed by atoms with van der Waals surface area (Å²) in [5.74, 6) is 0. The van der Waals surface area contributed by atoms with Crippen molar-refractivity contribution in [3.8, 4) is 0 Å². The second-order valence-corrected chi connectivity index (χ2v) is 3.67. The van der Waals surface area contributed by atoms with Crippen LogP contribution in [0, 0.1) is 10.1 Å². The highest BCUT2D eigenvalue weighted by Gasteiger charge is 2.14. The number of rotatable bonds is 3. The molecule has 0 unspecified atom stereocenters. The first-order valence-corrected chi connectivity index (χ1v) is 4.95. The van der Waals surface area contributed by atoms with Crippen molar-refractivity contribution >= 4 is 17.4 Å². The predicted molar refractivity (Wildman–Crippen MR) is 60.9 cm³/mol. The predicted octanol–water partition coefficient (Wildman–Crippen LogP) is 2.23. The number of nitrogens with one attached hydrogen (secondary N) is 1. The van der Waals surface area contributed by atoms with Crippen LogP contribution in [0.2, 0.25) is 0 Å². The van der Waals surface area contributed by atoms with Crippen LogP contribution in [0.15, 0.2) is 24.3 Å². The second kappa shape index (κ2) is 5.26. The van der Waals surface area contributed by atoms with Crippen molar-refractivity contribution in [2.75, 3.05) is 5.32 Å². The number of carbonyl (C=O) groups excluding carboxylic acids is 1. The van der Waals surface area contributed by atoms with Crippen LogP contribution < -0.4 is 5.32 Å². The molecule has 7 nitrogen and oxygen atoms in total. The molecule has 2 amide bonds. The molecule has 0 saturated carbocycles. The Kier molecular flexibility index (Phi) is 4.00. The van der Waals surface area contributed by atoms with Crippen molar-refractivity contribution in [3.63, 3.8) is 0 Å². The first-order valence-electron chi connectivity index (χ1n) is 4.95. The van der Waals surface area contributed by atoms with E-state index in [9.17, 15) is 20.1 Å². The topological polar surface area (TPSA) is 95.7 Å². The van der Waals surface area contributed by atoms with Gasteiger partial charge in [-0.15, -0.1) is 0 Å². The first kappa shape index (κ1) is 12.9. The average Bonchev–Trinajstić information content (AvgIpc) is 2.28. The number of hydroxylamine groups is 2. The summed E-state index contributed by atoms with van der Waals surface area (Å²) in [6.07, 6.45) is 0. The molecule has 0 atom stereocenters. The minimum atomic E-state index is -0.686. The maximum Gasteiger partial charge on any atom is 0.345 e. The third kappa shape index (κ3) is 3.42. The molecule has 0 saturated heterocycles. The van der Waals surface area contributed by atoms with Gasteiger partial charge in [0.2, 0.25) is 0 Å². The Hall–Kier alpha value is -2.15. The number of hydrogen-bond acceptors (Lipinski definition) is 4. The normalized spacial score (nSPS) is 10.1. The quantitative estimate of drug-likeness (QED) is 0.480. The highest BCUT2D eigenvalue weighted by molar-refractivity contribution is 5.88. The summed E-state index contributed by atoms with van der Waals surface area (Å²) >= 11 is 0. The van der Waals surface area contributed by atoms with E-state index in [-0.39, 0.29) is 11.7 Å². The fraction of sp³-hybridized carbons (Fsp3) is 0.300. The molecule has 0 bridgehead atoms. The number of anilines is 1. The minimum absolute atomic E-state index is 0.0623. The zero-order chi connectivity index (χ0) is 13.0. The number of benzene rings is 1. The Morgan fingerprint density at radius 1 is 1.41 bits per heavy atom. The van der Waals surface area contributed by atoms with Gasteiger partial charge in [0.05, 0.1) is 11.0 Å². The summed E-state index contributed by atoms with van der Waals surface area (Å²) in [6, 6.07) is 4.29. The van der Waals surface area contributed by atoms with Crippen LogP contribution in [-0.4, -0.2) is 27.3 Å². The van der Waals surface area contributed by atoms with Crippen molar-refractivity contribution < 1.29 is 14.9 Å². The number of nitrogens with zero attached hydrogens (tertiary/aromatic N) is 2. The number of urea groups is 1. The standard InChI is InChI=1S/C10H13N3O4/c1-7(2)12(15)10(14)11-8-3-5-9(6-4-8)13(16)17/h3-7,15H,1-2H3,(H,11,14). The van der Waals surface area contributed by atoms with Gasteiger partial charge in [-0.1, -0.05) is 0 Å². The Morgan fingerprint density at radius 2 is 1.94 bits per heavy atom. The molecule has 0 aromatic heterocycles. The zero-order valence-electron chi connectivity index (χ0n) is 9.45. The molecule has 92 valence electrons. The number of nitro groups is 1. The van der Waals surface area contributed by atoms with E-state index in [1.807, 2.05) is 0 Å². The summed E-state index contributed by atoms with van der Waals surface area (Å²) < 4.78 is 0. The monoisotopic (exact) mass is 239 g/mol. The highest BCUT2D eigenvalue weighted by atomic mass is 16.6. The number of non-ortho nitro benzene ring substituents is 1. The van der Waals surface area contributed by atoms with Gasteiger partial charge in [-0.25, -0.2) is 9.86 Å². The molecule has 1 aromatic carbocycles. The smallest absolute Gasteiger partial charge is 0.306 e.